The fourth-order valence-corrected chi connectivity index (χ4v) is 1.39. The van der Waals surface area contributed by atoms with Gasteiger partial charge in [-0.25, -0.2) is 0 Å². The summed E-state index contributed by atoms with van der Waals surface area (Å²) in [6.07, 6.45) is 3.91. The Bertz CT molecular complexity index is 232. The van der Waals surface area contributed by atoms with Crippen LogP contribution in [0.2, 0.25) is 0 Å². The van der Waals surface area contributed by atoms with Gasteiger partial charge < -0.3 is 16.2 Å². The normalized spacial score (nSPS) is 12.1. The van der Waals surface area contributed by atoms with Crippen LogP contribution in [0.3, 0.4) is 0 Å². The fraction of sp³-hybridized carbons (Fsp3) is 0.833. The van der Waals surface area contributed by atoms with E-state index in [0.29, 0.717) is 31.8 Å². The first kappa shape index (κ1) is 15.9. The van der Waals surface area contributed by atoms with E-state index in [2.05, 4.69) is 5.32 Å². The third-order valence-corrected chi connectivity index (χ3v) is 2.66. The van der Waals surface area contributed by atoms with Gasteiger partial charge in [0.15, 0.2) is 0 Å². The molecule has 0 radical (unpaired) electrons. The Labute approximate surface area is 103 Å². The van der Waals surface area contributed by atoms with Crippen molar-refractivity contribution in [3.05, 3.63) is 0 Å². The van der Waals surface area contributed by atoms with E-state index in [0.717, 1.165) is 19.3 Å². The summed E-state index contributed by atoms with van der Waals surface area (Å²) < 4.78 is 0. The zero-order valence-corrected chi connectivity index (χ0v) is 10.6. The Kier molecular flexibility index (Phi) is 9.43. The summed E-state index contributed by atoms with van der Waals surface area (Å²) in [6.45, 7) is 3.27. The molecule has 0 aromatic carbocycles. The molecule has 0 spiro atoms. The van der Waals surface area contributed by atoms with Crippen LogP contribution in [0.15, 0.2) is 0 Å². The Hall–Kier alpha value is -1.10. The standard InChI is InChI=1S/C12H24N2O3/c1-10(9-13)6-7-11(15)14-8-4-2-3-5-12(16)17/h10H,2-9,13H2,1H3,(H,14,15)(H,16,17). The highest BCUT2D eigenvalue weighted by molar-refractivity contribution is 5.75. The van der Waals surface area contributed by atoms with Crippen LogP contribution in [-0.2, 0) is 9.59 Å². The van der Waals surface area contributed by atoms with Gasteiger partial charge in [0, 0.05) is 19.4 Å². The molecule has 0 aliphatic rings. The van der Waals surface area contributed by atoms with Crippen LogP contribution >= 0.6 is 0 Å². The number of carboxylic acids is 1. The van der Waals surface area contributed by atoms with Gasteiger partial charge in [0.1, 0.15) is 0 Å². The number of rotatable bonds is 10. The molecule has 1 unspecified atom stereocenters. The average molecular weight is 244 g/mol. The monoisotopic (exact) mass is 244 g/mol. The van der Waals surface area contributed by atoms with Gasteiger partial charge in [-0.15, -0.1) is 0 Å². The second kappa shape index (κ2) is 10.1. The van der Waals surface area contributed by atoms with E-state index >= 15 is 0 Å². The first-order chi connectivity index (χ1) is 8.06. The first-order valence-electron chi connectivity index (χ1n) is 6.24. The van der Waals surface area contributed by atoms with Crippen molar-refractivity contribution in [2.75, 3.05) is 13.1 Å². The van der Waals surface area contributed by atoms with Gasteiger partial charge in [-0.2, -0.15) is 0 Å². The maximum absolute atomic E-state index is 11.4. The lowest BCUT2D eigenvalue weighted by atomic mass is 10.1. The highest BCUT2D eigenvalue weighted by Crippen LogP contribution is 2.03. The second-order valence-corrected chi connectivity index (χ2v) is 4.43. The number of amides is 1. The fourth-order valence-electron chi connectivity index (χ4n) is 1.39. The van der Waals surface area contributed by atoms with Crippen molar-refractivity contribution >= 4 is 11.9 Å². The van der Waals surface area contributed by atoms with Crippen molar-refractivity contribution < 1.29 is 14.7 Å². The van der Waals surface area contributed by atoms with Crippen LogP contribution in [-0.4, -0.2) is 30.1 Å². The number of carbonyl (C=O) groups excluding carboxylic acids is 1. The Morgan fingerprint density at radius 3 is 2.53 bits per heavy atom. The molecule has 0 fully saturated rings. The topological polar surface area (TPSA) is 92.4 Å². The highest BCUT2D eigenvalue weighted by Gasteiger charge is 2.04. The third kappa shape index (κ3) is 11.2. The van der Waals surface area contributed by atoms with E-state index in [1.807, 2.05) is 6.92 Å². The zero-order chi connectivity index (χ0) is 13.1. The number of carboxylic acid groups (broad SMARTS) is 1. The summed E-state index contributed by atoms with van der Waals surface area (Å²) in [5.74, 6) is -0.315. The molecule has 0 aromatic heterocycles. The van der Waals surface area contributed by atoms with Crippen LogP contribution < -0.4 is 11.1 Å². The molecular weight excluding hydrogens is 220 g/mol. The second-order valence-electron chi connectivity index (χ2n) is 4.43. The molecule has 0 aliphatic carbocycles. The quantitative estimate of drug-likeness (QED) is 0.502. The van der Waals surface area contributed by atoms with Crippen LogP contribution in [0.25, 0.3) is 0 Å². The van der Waals surface area contributed by atoms with Crippen LogP contribution in [0.1, 0.15) is 45.4 Å². The van der Waals surface area contributed by atoms with Crippen molar-refractivity contribution in [2.24, 2.45) is 11.7 Å². The number of carbonyl (C=O) groups is 2. The van der Waals surface area contributed by atoms with Crippen molar-refractivity contribution in [2.45, 2.75) is 45.4 Å². The van der Waals surface area contributed by atoms with E-state index in [-0.39, 0.29) is 12.3 Å². The van der Waals surface area contributed by atoms with Gasteiger partial charge in [0.25, 0.3) is 0 Å². The predicted octanol–water partition coefficient (Wildman–Crippen LogP) is 1.12. The molecule has 5 nitrogen and oxygen atoms in total. The first-order valence-corrected chi connectivity index (χ1v) is 6.24. The molecule has 0 saturated carbocycles. The molecular formula is C12H24N2O3. The summed E-state index contributed by atoms with van der Waals surface area (Å²) in [5, 5.41) is 11.2. The van der Waals surface area contributed by atoms with Gasteiger partial charge in [0.2, 0.25) is 5.91 Å². The van der Waals surface area contributed by atoms with E-state index in [1.54, 1.807) is 0 Å². The molecule has 1 atom stereocenters. The molecule has 17 heavy (non-hydrogen) atoms. The molecule has 100 valence electrons. The molecule has 0 rings (SSSR count). The SMILES string of the molecule is CC(CN)CCC(=O)NCCCCCC(=O)O. The molecule has 0 aliphatic heterocycles. The number of aliphatic carboxylic acids is 1. The van der Waals surface area contributed by atoms with Crippen molar-refractivity contribution in [1.29, 1.82) is 0 Å². The average Bonchev–Trinajstić information content (AvgIpc) is 2.30. The molecule has 0 saturated heterocycles. The van der Waals surface area contributed by atoms with E-state index in [1.165, 1.54) is 0 Å². The molecule has 4 N–H and O–H groups in total. The van der Waals surface area contributed by atoms with E-state index in [9.17, 15) is 9.59 Å². The highest BCUT2D eigenvalue weighted by atomic mass is 16.4. The van der Waals surface area contributed by atoms with Crippen molar-refractivity contribution in [3.8, 4) is 0 Å². The minimum atomic E-state index is -0.759. The van der Waals surface area contributed by atoms with Gasteiger partial charge in [-0.05, 0) is 31.7 Å². The molecule has 0 aromatic rings. The number of hydrogen-bond donors (Lipinski definition) is 3. The lowest BCUT2D eigenvalue weighted by Gasteiger charge is -2.08. The third-order valence-electron chi connectivity index (χ3n) is 2.66. The predicted molar refractivity (Wildman–Crippen MR) is 66.6 cm³/mol. The Balaban J connectivity index is 3.30. The van der Waals surface area contributed by atoms with Gasteiger partial charge in [-0.3, -0.25) is 9.59 Å². The number of unbranched alkanes of at least 4 members (excludes halogenated alkanes) is 2. The smallest absolute Gasteiger partial charge is 0.303 e. The van der Waals surface area contributed by atoms with E-state index in [4.69, 9.17) is 10.8 Å². The number of nitrogens with one attached hydrogen (secondary N) is 1. The molecule has 0 bridgehead atoms. The van der Waals surface area contributed by atoms with Crippen LogP contribution in [0.4, 0.5) is 0 Å². The Morgan fingerprint density at radius 2 is 1.94 bits per heavy atom. The molecule has 5 heteroatoms. The van der Waals surface area contributed by atoms with E-state index < -0.39 is 5.97 Å². The minimum absolute atomic E-state index is 0.0588. The lowest BCUT2D eigenvalue weighted by molar-refractivity contribution is -0.137. The summed E-state index contributed by atoms with van der Waals surface area (Å²) >= 11 is 0. The molecule has 1 amide bonds. The molecule has 0 heterocycles. The minimum Gasteiger partial charge on any atom is -0.481 e. The summed E-state index contributed by atoms with van der Waals surface area (Å²) in [4.78, 5) is 21.6. The largest absolute Gasteiger partial charge is 0.481 e. The van der Waals surface area contributed by atoms with Gasteiger partial charge in [-0.1, -0.05) is 13.3 Å². The van der Waals surface area contributed by atoms with Gasteiger partial charge >= 0.3 is 5.97 Å². The summed E-state index contributed by atoms with van der Waals surface area (Å²) in [7, 11) is 0. The van der Waals surface area contributed by atoms with Crippen molar-refractivity contribution in [3.63, 3.8) is 0 Å². The maximum atomic E-state index is 11.4. The lowest BCUT2D eigenvalue weighted by Crippen LogP contribution is -2.25. The maximum Gasteiger partial charge on any atom is 0.303 e. The summed E-state index contributed by atoms with van der Waals surface area (Å²) in [6, 6.07) is 0. The number of nitrogens with two attached hydrogens (primary N) is 1. The van der Waals surface area contributed by atoms with Crippen molar-refractivity contribution in [1.82, 2.24) is 5.32 Å². The van der Waals surface area contributed by atoms with Gasteiger partial charge in [0.05, 0.1) is 0 Å². The summed E-state index contributed by atoms with van der Waals surface area (Å²) in [5.41, 5.74) is 5.46. The number of hydrogen-bond acceptors (Lipinski definition) is 3. The van der Waals surface area contributed by atoms with Crippen LogP contribution in [0, 0.1) is 5.92 Å². The van der Waals surface area contributed by atoms with Crippen LogP contribution in [0.5, 0.6) is 0 Å². The Morgan fingerprint density at radius 1 is 1.24 bits per heavy atom. The zero-order valence-electron chi connectivity index (χ0n) is 10.6.